The van der Waals surface area contributed by atoms with Crippen LogP contribution in [-0.2, 0) is 0 Å². The fraction of sp³-hybridized carbons (Fsp3) is 0.0500. The summed E-state index contributed by atoms with van der Waals surface area (Å²) >= 11 is 0. The molecular weight excluding hydrogens is 536 g/mol. The molecule has 0 saturated carbocycles. The van der Waals surface area contributed by atoms with Crippen molar-refractivity contribution in [2.45, 2.75) is 12.0 Å². The summed E-state index contributed by atoms with van der Waals surface area (Å²) < 4.78 is 2.22. The second-order valence-electron chi connectivity index (χ2n) is 11.4. The summed E-state index contributed by atoms with van der Waals surface area (Å²) in [6, 6.07) is 47.2. The van der Waals surface area contributed by atoms with E-state index < -0.39 is 0 Å². The Morgan fingerprint density at radius 2 is 1.18 bits per heavy atom. The van der Waals surface area contributed by atoms with E-state index in [2.05, 4.69) is 161 Å². The predicted octanol–water partition coefficient (Wildman–Crippen LogP) is 9.64. The highest BCUT2D eigenvalue weighted by Crippen LogP contribution is 2.48. The molecule has 9 rings (SSSR count). The van der Waals surface area contributed by atoms with E-state index in [-0.39, 0.29) is 12.0 Å². The van der Waals surface area contributed by atoms with Crippen LogP contribution in [0.1, 0.15) is 11.5 Å². The maximum atomic E-state index is 5.44. The maximum Gasteiger partial charge on any atom is 0.237 e. The van der Waals surface area contributed by atoms with Gasteiger partial charge in [-0.1, -0.05) is 133 Å². The Hall–Kier alpha value is -5.74. The third-order valence-corrected chi connectivity index (χ3v) is 8.97. The number of fused-ring (bicyclic) bond motifs is 8. The number of hydrogen-bond acceptors (Lipinski definition) is 3. The van der Waals surface area contributed by atoms with Gasteiger partial charge in [0.15, 0.2) is 0 Å². The van der Waals surface area contributed by atoms with Crippen LogP contribution < -0.4 is 4.90 Å². The third-order valence-electron chi connectivity index (χ3n) is 8.97. The molecule has 3 heterocycles. The van der Waals surface area contributed by atoms with E-state index in [1.165, 1.54) is 27.5 Å². The van der Waals surface area contributed by atoms with Crippen LogP contribution >= 0.6 is 0 Å². The van der Waals surface area contributed by atoms with Gasteiger partial charge in [0.2, 0.25) is 5.95 Å². The summed E-state index contributed by atoms with van der Waals surface area (Å²) in [5, 5.41) is 2.38. The minimum absolute atomic E-state index is 0.0364. The van der Waals surface area contributed by atoms with Crippen LogP contribution in [0.3, 0.4) is 0 Å². The zero-order valence-electron chi connectivity index (χ0n) is 24.0. The van der Waals surface area contributed by atoms with Crippen molar-refractivity contribution in [2.75, 3.05) is 4.90 Å². The van der Waals surface area contributed by atoms with Crippen molar-refractivity contribution in [3.05, 3.63) is 163 Å². The molecule has 208 valence electrons. The number of para-hydroxylation sites is 3. The number of benzene rings is 5. The summed E-state index contributed by atoms with van der Waals surface area (Å²) in [5.41, 5.74) is 9.06. The normalized spacial score (nSPS) is 16.9. The first-order valence-electron chi connectivity index (χ1n) is 15.1. The summed E-state index contributed by atoms with van der Waals surface area (Å²) in [7, 11) is 0. The summed E-state index contributed by atoms with van der Waals surface area (Å²) in [5.74, 6) is 1.69. The highest BCUT2D eigenvalue weighted by molar-refractivity contribution is 6.09. The molecule has 2 atom stereocenters. The fourth-order valence-corrected chi connectivity index (χ4v) is 7.05. The Morgan fingerprint density at radius 3 is 1.98 bits per heavy atom. The zero-order valence-corrected chi connectivity index (χ0v) is 24.0. The maximum absolute atomic E-state index is 5.44. The van der Waals surface area contributed by atoms with Gasteiger partial charge in [-0.3, -0.25) is 4.57 Å². The average Bonchev–Trinajstić information content (AvgIpc) is 3.37. The predicted molar refractivity (Wildman–Crippen MR) is 181 cm³/mol. The van der Waals surface area contributed by atoms with E-state index in [9.17, 15) is 0 Å². The number of nitrogens with zero attached hydrogens (tertiary/aromatic N) is 4. The standard InChI is InChI=1S/C40H28N4/c1-2-14-27(15-3-1)34-26-39(42-40(41-34)44-37-24-12-8-20-32(37)33-21-9-13-25-38(33)44)43-35-22-10-6-18-30(35)28-16-4-5-17-29(28)31-19-7-11-23-36(31)43/h1-26,30,35H. The van der Waals surface area contributed by atoms with E-state index in [1.807, 2.05) is 6.07 Å². The van der Waals surface area contributed by atoms with Crippen molar-refractivity contribution in [1.82, 2.24) is 14.5 Å². The van der Waals surface area contributed by atoms with Gasteiger partial charge in [0.1, 0.15) is 5.82 Å². The van der Waals surface area contributed by atoms with Gasteiger partial charge in [0, 0.05) is 33.9 Å². The lowest BCUT2D eigenvalue weighted by atomic mass is 9.85. The van der Waals surface area contributed by atoms with Crippen molar-refractivity contribution in [1.29, 1.82) is 0 Å². The van der Waals surface area contributed by atoms with Gasteiger partial charge < -0.3 is 4.90 Å². The van der Waals surface area contributed by atoms with Crippen molar-refractivity contribution >= 4 is 33.3 Å². The van der Waals surface area contributed by atoms with Gasteiger partial charge in [-0.2, -0.15) is 4.98 Å². The van der Waals surface area contributed by atoms with E-state index in [0.717, 1.165) is 33.8 Å². The molecule has 44 heavy (non-hydrogen) atoms. The minimum Gasteiger partial charge on any atom is -0.318 e. The molecule has 2 aromatic heterocycles. The first-order valence-corrected chi connectivity index (χ1v) is 15.1. The lowest BCUT2D eigenvalue weighted by molar-refractivity contribution is 0.690. The Bertz CT molecular complexity index is 2210. The quantitative estimate of drug-likeness (QED) is 0.214. The molecule has 0 radical (unpaired) electrons. The summed E-state index contributed by atoms with van der Waals surface area (Å²) in [6.07, 6.45) is 8.98. The van der Waals surface area contributed by atoms with Crippen LogP contribution in [0.15, 0.2) is 158 Å². The molecule has 2 unspecified atom stereocenters. The van der Waals surface area contributed by atoms with Crippen molar-refractivity contribution in [3.8, 4) is 28.3 Å². The van der Waals surface area contributed by atoms with Gasteiger partial charge in [0.05, 0.1) is 28.5 Å². The second kappa shape index (κ2) is 9.92. The molecule has 5 aromatic carbocycles. The number of hydrogen-bond donors (Lipinski definition) is 0. The highest BCUT2D eigenvalue weighted by Gasteiger charge is 2.35. The molecule has 0 bridgehead atoms. The number of anilines is 2. The lowest BCUT2D eigenvalue weighted by Crippen LogP contribution is -2.35. The van der Waals surface area contributed by atoms with E-state index >= 15 is 0 Å². The van der Waals surface area contributed by atoms with Crippen LogP contribution in [0.4, 0.5) is 11.5 Å². The number of rotatable bonds is 3. The first kappa shape index (κ1) is 24.8. The second-order valence-corrected chi connectivity index (χ2v) is 11.4. The Balaban J connectivity index is 1.36. The Labute approximate surface area is 255 Å². The molecule has 1 aliphatic heterocycles. The molecular formula is C40H28N4. The molecule has 0 amide bonds. The van der Waals surface area contributed by atoms with Crippen molar-refractivity contribution < 1.29 is 0 Å². The van der Waals surface area contributed by atoms with Crippen molar-refractivity contribution in [2.24, 2.45) is 0 Å². The van der Waals surface area contributed by atoms with E-state index in [4.69, 9.17) is 9.97 Å². The molecule has 7 aromatic rings. The lowest BCUT2D eigenvalue weighted by Gasteiger charge is -2.35. The molecule has 2 aliphatic rings. The summed E-state index contributed by atoms with van der Waals surface area (Å²) in [6.45, 7) is 0. The number of aromatic nitrogens is 3. The van der Waals surface area contributed by atoms with Gasteiger partial charge in [-0.15, -0.1) is 0 Å². The smallest absolute Gasteiger partial charge is 0.237 e. The van der Waals surface area contributed by atoms with Crippen LogP contribution in [0, 0.1) is 0 Å². The highest BCUT2D eigenvalue weighted by atomic mass is 15.3. The van der Waals surface area contributed by atoms with Crippen LogP contribution in [0.25, 0.3) is 50.1 Å². The molecule has 0 N–H and O–H groups in total. The van der Waals surface area contributed by atoms with Crippen LogP contribution in [-0.4, -0.2) is 20.6 Å². The van der Waals surface area contributed by atoms with Gasteiger partial charge in [-0.25, -0.2) is 4.98 Å². The Morgan fingerprint density at radius 1 is 0.545 bits per heavy atom. The van der Waals surface area contributed by atoms with E-state index in [0.29, 0.717) is 5.95 Å². The van der Waals surface area contributed by atoms with Gasteiger partial charge >= 0.3 is 0 Å². The topological polar surface area (TPSA) is 34.0 Å². The molecule has 4 heteroatoms. The largest absolute Gasteiger partial charge is 0.318 e. The van der Waals surface area contributed by atoms with Gasteiger partial charge in [0.25, 0.3) is 0 Å². The van der Waals surface area contributed by atoms with E-state index in [1.54, 1.807) is 0 Å². The Kier molecular flexibility index (Phi) is 5.60. The summed E-state index contributed by atoms with van der Waals surface area (Å²) in [4.78, 5) is 13.1. The minimum atomic E-state index is 0.0364. The van der Waals surface area contributed by atoms with Crippen LogP contribution in [0.5, 0.6) is 0 Å². The fourth-order valence-electron chi connectivity index (χ4n) is 7.05. The number of allylic oxidation sites excluding steroid dienone is 2. The SMILES string of the molecule is C1=CC2c3ccccc3-c3ccccc3N(c3cc(-c4ccccc4)nc(-n4c5ccccc5c5ccccc54)n3)C2C=C1. The first-order chi connectivity index (χ1) is 21.8. The molecule has 1 aliphatic carbocycles. The van der Waals surface area contributed by atoms with Crippen molar-refractivity contribution in [3.63, 3.8) is 0 Å². The third kappa shape index (κ3) is 3.78. The monoisotopic (exact) mass is 564 g/mol. The van der Waals surface area contributed by atoms with Crippen LogP contribution in [0.2, 0.25) is 0 Å². The molecule has 4 nitrogen and oxygen atoms in total. The molecule has 0 saturated heterocycles. The molecule has 0 fully saturated rings. The van der Waals surface area contributed by atoms with Gasteiger partial charge in [-0.05, 0) is 29.3 Å². The zero-order chi connectivity index (χ0) is 29.0. The molecule has 0 spiro atoms. The average molecular weight is 565 g/mol.